The highest BCUT2D eigenvalue weighted by molar-refractivity contribution is 6.05. The van der Waals surface area contributed by atoms with E-state index in [9.17, 15) is 9.59 Å². The molecule has 0 saturated carbocycles. The number of halogens is 2. The minimum Gasteiger partial charge on any atom is -0.495 e. The molecule has 0 radical (unpaired) electrons. The Morgan fingerprint density at radius 1 is 0.927 bits per heavy atom. The van der Waals surface area contributed by atoms with Crippen LogP contribution < -0.4 is 20.4 Å². The zero-order valence-electron chi connectivity index (χ0n) is 23.2. The summed E-state index contributed by atoms with van der Waals surface area (Å²) in [5.41, 5.74) is 3.06. The van der Waals surface area contributed by atoms with Crippen LogP contribution in [0.1, 0.15) is 22.3 Å². The molecule has 1 fully saturated rings. The zero-order valence-corrected chi connectivity index (χ0v) is 24.9. The summed E-state index contributed by atoms with van der Waals surface area (Å²) in [6.07, 6.45) is 0.837. The lowest BCUT2D eigenvalue weighted by Gasteiger charge is -2.36. The van der Waals surface area contributed by atoms with Gasteiger partial charge in [-0.2, -0.15) is 0 Å². The van der Waals surface area contributed by atoms with Crippen molar-refractivity contribution in [2.75, 3.05) is 51.3 Å². The fourth-order valence-electron chi connectivity index (χ4n) is 5.06. The van der Waals surface area contributed by atoms with Gasteiger partial charge in [0, 0.05) is 43.9 Å². The second-order valence-electron chi connectivity index (χ2n) is 9.54. The molecule has 4 aromatic rings. The standard InChI is InChI=1S/C31H33N3O4.2ClH.H2O/c1-22-28(35)24-12-8-13-25(30(24)38-29(22)23-10-4-3-5-11-23)31(36)32-16-9-17-33-18-20-34(21-19-33)26-14-6-7-15-27(26)37-2;;;/h3-8,10-15H,9,16-21H2,1-2H3,(H,32,36);2*1H;1H2. The van der Waals surface area contributed by atoms with Crippen molar-refractivity contribution >= 4 is 47.4 Å². The van der Waals surface area contributed by atoms with E-state index in [-0.39, 0.29) is 41.6 Å². The van der Waals surface area contributed by atoms with Gasteiger partial charge in [0.25, 0.3) is 5.91 Å². The number of para-hydroxylation sites is 3. The summed E-state index contributed by atoms with van der Waals surface area (Å²) in [7, 11) is 1.71. The van der Waals surface area contributed by atoms with E-state index < -0.39 is 0 Å². The second kappa shape index (κ2) is 15.4. The Morgan fingerprint density at radius 2 is 1.61 bits per heavy atom. The Hall–Kier alpha value is -3.56. The summed E-state index contributed by atoms with van der Waals surface area (Å²) in [4.78, 5) is 31.0. The number of nitrogens with zero attached hydrogens (tertiary/aromatic N) is 2. The number of methoxy groups -OCH3 is 1. The van der Waals surface area contributed by atoms with Crippen LogP contribution in [0.4, 0.5) is 5.69 Å². The highest BCUT2D eigenvalue weighted by Gasteiger charge is 2.20. The van der Waals surface area contributed by atoms with Crippen molar-refractivity contribution < 1.29 is 19.4 Å². The molecular formula is C31H37Cl2N3O5. The molecule has 0 aliphatic carbocycles. The Morgan fingerprint density at radius 3 is 2.32 bits per heavy atom. The molecule has 1 saturated heterocycles. The van der Waals surface area contributed by atoms with Crippen LogP contribution in [0.5, 0.6) is 5.75 Å². The van der Waals surface area contributed by atoms with Crippen molar-refractivity contribution in [2.45, 2.75) is 13.3 Å². The maximum atomic E-state index is 13.1. The first-order chi connectivity index (χ1) is 18.6. The molecule has 0 unspecified atom stereocenters. The van der Waals surface area contributed by atoms with E-state index >= 15 is 0 Å². The third kappa shape index (κ3) is 7.40. The van der Waals surface area contributed by atoms with Crippen molar-refractivity contribution in [3.05, 3.63) is 94.1 Å². The number of amides is 1. The van der Waals surface area contributed by atoms with Gasteiger partial charge in [0.2, 0.25) is 0 Å². The quantitative estimate of drug-likeness (QED) is 0.292. The van der Waals surface area contributed by atoms with Gasteiger partial charge in [0.1, 0.15) is 11.5 Å². The van der Waals surface area contributed by atoms with E-state index in [1.165, 1.54) is 0 Å². The zero-order chi connectivity index (χ0) is 26.5. The largest absolute Gasteiger partial charge is 0.495 e. The molecule has 3 N–H and O–H groups in total. The van der Waals surface area contributed by atoms with E-state index in [1.807, 2.05) is 48.5 Å². The lowest BCUT2D eigenvalue weighted by Crippen LogP contribution is -2.47. The first kappa shape index (κ1) is 33.6. The van der Waals surface area contributed by atoms with Crippen LogP contribution in [0, 0.1) is 6.92 Å². The molecule has 3 aromatic carbocycles. The molecule has 0 bridgehead atoms. The topological polar surface area (TPSA) is 107 Å². The Kier molecular flexibility index (Phi) is 12.7. The number of carbonyl (C=O) groups excluding carboxylic acids is 1. The van der Waals surface area contributed by atoms with Gasteiger partial charge < -0.3 is 24.8 Å². The average molecular weight is 603 g/mol. The van der Waals surface area contributed by atoms with Gasteiger partial charge in [-0.25, -0.2) is 0 Å². The summed E-state index contributed by atoms with van der Waals surface area (Å²) in [5.74, 6) is 1.16. The number of rotatable bonds is 8. The molecule has 10 heteroatoms. The smallest absolute Gasteiger partial charge is 0.255 e. The summed E-state index contributed by atoms with van der Waals surface area (Å²) >= 11 is 0. The van der Waals surface area contributed by atoms with E-state index in [1.54, 1.807) is 32.2 Å². The van der Waals surface area contributed by atoms with Gasteiger partial charge in [0.05, 0.1) is 23.7 Å². The first-order valence-electron chi connectivity index (χ1n) is 13.1. The van der Waals surface area contributed by atoms with Gasteiger partial charge in [0.15, 0.2) is 11.0 Å². The Bertz CT molecular complexity index is 1490. The number of fused-ring (bicyclic) bond motifs is 1. The van der Waals surface area contributed by atoms with Crippen molar-refractivity contribution in [3.8, 4) is 17.1 Å². The van der Waals surface area contributed by atoms with Crippen LogP contribution in [-0.4, -0.2) is 62.7 Å². The number of piperazine rings is 1. The predicted molar refractivity (Wildman–Crippen MR) is 169 cm³/mol. The summed E-state index contributed by atoms with van der Waals surface area (Å²) in [6.45, 7) is 7.00. The number of benzene rings is 3. The predicted octanol–water partition coefficient (Wildman–Crippen LogP) is 4.74. The highest BCUT2D eigenvalue weighted by Crippen LogP contribution is 2.29. The van der Waals surface area contributed by atoms with Gasteiger partial charge in [-0.1, -0.05) is 48.5 Å². The Labute approximate surface area is 252 Å². The van der Waals surface area contributed by atoms with Crippen LogP contribution in [0.15, 0.2) is 82.0 Å². The van der Waals surface area contributed by atoms with E-state index in [0.29, 0.717) is 34.4 Å². The summed E-state index contributed by atoms with van der Waals surface area (Å²) in [6, 6.07) is 22.8. The molecule has 1 aliphatic heterocycles. The molecule has 5 rings (SSSR count). The number of hydrogen-bond acceptors (Lipinski definition) is 6. The monoisotopic (exact) mass is 601 g/mol. The van der Waals surface area contributed by atoms with Crippen molar-refractivity contribution in [1.29, 1.82) is 0 Å². The van der Waals surface area contributed by atoms with Crippen LogP contribution in [0.2, 0.25) is 0 Å². The van der Waals surface area contributed by atoms with Crippen molar-refractivity contribution in [3.63, 3.8) is 0 Å². The highest BCUT2D eigenvalue weighted by atomic mass is 35.5. The summed E-state index contributed by atoms with van der Waals surface area (Å²) in [5, 5.41) is 3.44. The van der Waals surface area contributed by atoms with Gasteiger partial charge >= 0.3 is 0 Å². The Balaban J connectivity index is 0.00000196. The van der Waals surface area contributed by atoms with Crippen LogP contribution in [0.25, 0.3) is 22.3 Å². The number of nitrogens with one attached hydrogen (secondary N) is 1. The van der Waals surface area contributed by atoms with Gasteiger partial charge in [-0.15, -0.1) is 24.8 Å². The van der Waals surface area contributed by atoms with Crippen molar-refractivity contribution in [1.82, 2.24) is 10.2 Å². The average Bonchev–Trinajstić information content (AvgIpc) is 2.97. The summed E-state index contributed by atoms with van der Waals surface area (Å²) < 4.78 is 11.7. The van der Waals surface area contributed by atoms with E-state index in [0.717, 1.165) is 56.1 Å². The minimum absolute atomic E-state index is 0. The van der Waals surface area contributed by atoms with E-state index in [2.05, 4.69) is 21.2 Å². The normalized spacial score (nSPS) is 13.0. The van der Waals surface area contributed by atoms with Crippen molar-refractivity contribution in [2.24, 2.45) is 0 Å². The number of ether oxygens (including phenoxy) is 1. The SMILES string of the molecule is COc1ccccc1N1CCN(CCCNC(=O)c2cccc3c(=O)c(C)c(-c4ccccc4)oc23)CC1.Cl.Cl.O. The van der Waals surface area contributed by atoms with Crippen LogP contribution in [-0.2, 0) is 0 Å². The van der Waals surface area contributed by atoms with Gasteiger partial charge in [-0.05, 0) is 44.2 Å². The molecule has 0 spiro atoms. The number of anilines is 1. The molecule has 2 heterocycles. The first-order valence-corrected chi connectivity index (χ1v) is 13.1. The molecule has 1 aromatic heterocycles. The molecule has 1 aliphatic rings. The molecule has 1 amide bonds. The maximum Gasteiger partial charge on any atom is 0.255 e. The van der Waals surface area contributed by atoms with Crippen LogP contribution in [0.3, 0.4) is 0 Å². The molecule has 220 valence electrons. The molecule has 8 nitrogen and oxygen atoms in total. The van der Waals surface area contributed by atoms with Crippen LogP contribution >= 0.6 is 24.8 Å². The molecule has 0 atom stereocenters. The number of carbonyl (C=O) groups is 1. The maximum absolute atomic E-state index is 13.1. The molecular weight excluding hydrogens is 565 g/mol. The lowest BCUT2D eigenvalue weighted by molar-refractivity contribution is 0.0952. The fraction of sp³-hybridized carbons (Fsp3) is 0.290. The number of hydrogen-bond donors (Lipinski definition) is 1. The van der Waals surface area contributed by atoms with E-state index in [4.69, 9.17) is 9.15 Å². The lowest BCUT2D eigenvalue weighted by atomic mass is 10.0. The third-order valence-corrected chi connectivity index (χ3v) is 7.16. The minimum atomic E-state index is -0.234. The molecule has 41 heavy (non-hydrogen) atoms. The second-order valence-corrected chi connectivity index (χ2v) is 9.54. The fourth-order valence-corrected chi connectivity index (χ4v) is 5.06. The van der Waals surface area contributed by atoms with Gasteiger partial charge in [-0.3, -0.25) is 14.5 Å². The third-order valence-electron chi connectivity index (χ3n) is 7.16.